The van der Waals surface area contributed by atoms with E-state index < -0.39 is 6.08 Å². The fourth-order valence-electron chi connectivity index (χ4n) is 1.28. The van der Waals surface area contributed by atoms with Crippen molar-refractivity contribution in [2.24, 2.45) is 5.92 Å². The second-order valence-corrected chi connectivity index (χ2v) is 3.19. The third kappa shape index (κ3) is 2.38. The van der Waals surface area contributed by atoms with Gasteiger partial charge in [0.25, 0.3) is 6.08 Å². The molecule has 0 atom stereocenters. The first-order valence-corrected chi connectivity index (χ1v) is 4.23. The molecule has 0 radical (unpaired) electrons. The first-order valence-electron chi connectivity index (χ1n) is 4.23. The number of hydrogen-bond acceptors (Lipinski definition) is 0. The van der Waals surface area contributed by atoms with Gasteiger partial charge in [0.05, 0.1) is 0 Å². The molecule has 0 N–H and O–H groups in total. The van der Waals surface area contributed by atoms with Crippen molar-refractivity contribution in [1.82, 2.24) is 0 Å². The summed E-state index contributed by atoms with van der Waals surface area (Å²) in [7, 11) is 0. The number of hydrogen-bond donors (Lipinski definition) is 0. The molecule has 0 spiro atoms. The molecule has 1 rings (SSSR count). The molecule has 2 heteroatoms. The van der Waals surface area contributed by atoms with Crippen molar-refractivity contribution in [3.8, 4) is 0 Å². The van der Waals surface area contributed by atoms with Gasteiger partial charge in [0.2, 0.25) is 0 Å². The van der Waals surface area contributed by atoms with E-state index in [1.54, 1.807) is 38.1 Å². The third-order valence-electron chi connectivity index (χ3n) is 1.87. The van der Waals surface area contributed by atoms with Crippen LogP contribution in [0, 0.1) is 5.92 Å². The lowest BCUT2D eigenvalue weighted by Crippen LogP contribution is -1.94. The third-order valence-corrected chi connectivity index (χ3v) is 1.87. The van der Waals surface area contributed by atoms with E-state index in [1.165, 1.54) is 0 Å². The van der Waals surface area contributed by atoms with E-state index in [0.29, 0.717) is 5.56 Å². The normalized spacial score (nSPS) is 10.2. The van der Waals surface area contributed by atoms with Crippen molar-refractivity contribution in [1.29, 1.82) is 0 Å². The maximum absolute atomic E-state index is 12.5. The van der Waals surface area contributed by atoms with Crippen LogP contribution in [0.2, 0.25) is 0 Å². The highest BCUT2D eigenvalue weighted by molar-refractivity contribution is 5.67. The molecule has 0 aliphatic heterocycles. The summed E-state index contributed by atoms with van der Waals surface area (Å²) in [6, 6.07) is 8.75. The second kappa shape index (κ2) is 4.17. The zero-order chi connectivity index (χ0) is 9.84. The lowest BCUT2D eigenvalue weighted by atomic mass is 9.97. The fraction of sp³-hybridized carbons (Fsp3) is 0.273. The van der Waals surface area contributed by atoms with Crippen LogP contribution in [-0.2, 0) is 0 Å². The van der Waals surface area contributed by atoms with Crippen LogP contribution in [0.4, 0.5) is 8.78 Å². The number of rotatable bonds is 2. The molecule has 0 aliphatic carbocycles. The van der Waals surface area contributed by atoms with Crippen LogP contribution in [0.1, 0.15) is 19.4 Å². The van der Waals surface area contributed by atoms with Crippen molar-refractivity contribution < 1.29 is 8.78 Å². The topological polar surface area (TPSA) is 0 Å². The van der Waals surface area contributed by atoms with Crippen LogP contribution in [0.25, 0.3) is 5.57 Å². The van der Waals surface area contributed by atoms with Gasteiger partial charge in [0, 0.05) is 5.57 Å². The van der Waals surface area contributed by atoms with E-state index in [9.17, 15) is 8.78 Å². The summed E-state index contributed by atoms with van der Waals surface area (Å²) in [5.74, 6) is -0.146. The SMILES string of the molecule is CC(C)C(=C(F)F)c1ccccc1. The molecule has 1 aromatic rings. The Morgan fingerprint density at radius 2 is 1.62 bits per heavy atom. The van der Waals surface area contributed by atoms with Gasteiger partial charge in [0.1, 0.15) is 0 Å². The minimum absolute atomic E-state index is 0.139. The number of halogens is 2. The molecule has 0 unspecified atom stereocenters. The summed E-state index contributed by atoms with van der Waals surface area (Å²) in [4.78, 5) is 0. The molecule has 0 amide bonds. The minimum atomic E-state index is -1.58. The van der Waals surface area contributed by atoms with Gasteiger partial charge in [-0.05, 0) is 11.5 Å². The van der Waals surface area contributed by atoms with Gasteiger partial charge in [-0.15, -0.1) is 0 Å². The Balaban J connectivity index is 3.12. The second-order valence-electron chi connectivity index (χ2n) is 3.19. The molecule has 0 aliphatic rings. The van der Waals surface area contributed by atoms with E-state index in [1.807, 2.05) is 6.07 Å². The van der Waals surface area contributed by atoms with Gasteiger partial charge in [-0.2, -0.15) is 8.78 Å². The van der Waals surface area contributed by atoms with Crippen LogP contribution in [0.3, 0.4) is 0 Å². The van der Waals surface area contributed by atoms with Gasteiger partial charge < -0.3 is 0 Å². The summed E-state index contributed by atoms with van der Waals surface area (Å²) in [6.45, 7) is 3.53. The van der Waals surface area contributed by atoms with E-state index in [4.69, 9.17) is 0 Å². The lowest BCUT2D eigenvalue weighted by molar-refractivity contribution is 0.419. The Kier molecular flexibility index (Phi) is 3.18. The Hall–Kier alpha value is -1.18. The Bertz CT molecular complexity index is 295. The molecule has 70 valence electrons. The molecule has 0 heterocycles. The predicted molar refractivity (Wildman–Crippen MR) is 50.4 cm³/mol. The van der Waals surface area contributed by atoms with E-state index in [0.717, 1.165) is 0 Å². The Labute approximate surface area is 76.9 Å². The van der Waals surface area contributed by atoms with Gasteiger partial charge in [-0.3, -0.25) is 0 Å². The van der Waals surface area contributed by atoms with Crippen molar-refractivity contribution >= 4 is 5.57 Å². The Morgan fingerprint density at radius 1 is 1.08 bits per heavy atom. The molecular formula is C11H12F2. The molecule has 0 aromatic heterocycles. The van der Waals surface area contributed by atoms with Crippen LogP contribution < -0.4 is 0 Å². The molecule has 0 fully saturated rings. The van der Waals surface area contributed by atoms with Crippen molar-refractivity contribution in [3.63, 3.8) is 0 Å². The molecule has 0 saturated carbocycles. The van der Waals surface area contributed by atoms with Gasteiger partial charge in [0.15, 0.2) is 0 Å². The minimum Gasteiger partial charge on any atom is -0.173 e. The zero-order valence-electron chi connectivity index (χ0n) is 7.72. The highest BCUT2D eigenvalue weighted by atomic mass is 19.3. The molecular weight excluding hydrogens is 170 g/mol. The summed E-state index contributed by atoms with van der Waals surface area (Å²) in [5, 5.41) is 0. The van der Waals surface area contributed by atoms with Gasteiger partial charge in [-0.25, -0.2) is 0 Å². The first kappa shape index (κ1) is 9.90. The van der Waals surface area contributed by atoms with Crippen molar-refractivity contribution in [2.45, 2.75) is 13.8 Å². The van der Waals surface area contributed by atoms with Crippen LogP contribution in [-0.4, -0.2) is 0 Å². The highest BCUT2D eigenvalue weighted by Gasteiger charge is 2.12. The maximum Gasteiger partial charge on any atom is 0.274 e. The number of allylic oxidation sites excluding steroid dienone is 1. The Morgan fingerprint density at radius 3 is 2.00 bits per heavy atom. The lowest BCUT2D eigenvalue weighted by Gasteiger charge is -2.09. The molecule has 0 saturated heterocycles. The summed E-state index contributed by atoms with van der Waals surface area (Å²) >= 11 is 0. The summed E-state index contributed by atoms with van der Waals surface area (Å²) < 4.78 is 25.0. The molecule has 0 nitrogen and oxygen atoms in total. The van der Waals surface area contributed by atoms with Crippen LogP contribution in [0.5, 0.6) is 0 Å². The van der Waals surface area contributed by atoms with Crippen molar-refractivity contribution in [3.05, 3.63) is 42.0 Å². The highest BCUT2D eigenvalue weighted by Crippen LogP contribution is 2.27. The zero-order valence-corrected chi connectivity index (χ0v) is 7.72. The van der Waals surface area contributed by atoms with Crippen molar-refractivity contribution in [2.75, 3.05) is 0 Å². The smallest absolute Gasteiger partial charge is 0.173 e. The van der Waals surface area contributed by atoms with Crippen LogP contribution in [0.15, 0.2) is 36.4 Å². The monoisotopic (exact) mass is 182 g/mol. The average molecular weight is 182 g/mol. The van der Waals surface area contributed by atoms with E-state index in [-0.39, 0.29) is 11.5 Å². The largest absolute Gasteiger partial charge is 0.274 e. The quantitative estimate of drug-likeness (QED) is 0.649. The first-order chi connectivity index (χ1) is 6.13. The van der Waals surface area contributed by atoms with Gasteiger partial charge >= 0.3 is 0 Å². The molecule has 0 bridgehead atoms. The van der Waals surface area contributed by atoms with E-state index >= 15 is 0 Å². The van der Waals surface area contributed by atoms with E-state index in [2.05, 4.69) is 0 Å². The molecule has 13 heavy (non-hydrogen) atoms. The predicted octanol–water partition coefficient (Wildman–Crippen LogP) is 3.95. The van der Waals surface area contributed by atoms with Crippen LogP contribution >= 0.6 is 0 Å². The number of benzene rings is 1. The summed E-state index contributed by atoms with van der Waals surface area (Å²) in [5.41, 5.74) is 0.748. The summed E-state index contributed by atoms with van der Waals surface area (Å²) in [6.07, 6.45) is -1.58. The fourth-order valence-corrected chi connectivity index (χ4v) is 1.28. The van der Waals surface area contributed by atoms with Gasteiger partial charge in [-0.1, -0.05) is 44.2 Å². The standard InChI is InChI=1S/C11H12F2/c1-8(2)10(11(12)13)9-6-4-3-5-7-9/h3-8H,1-2H3. The molecule has 1 aromatic carbocycles. The maximum atomic E-state index is 12.5. The average Bonchev–Trinajstić information content (AvgIpc) is 2.04.